The number of hydrogen-bond donors (Lipinski definition) is 3. The highest BCUT2D eigenvalue weighted by Gasteiger charge is 2.28. The van der Waals surface area contributed by atoms with E-state index in [0.29, 0.717) is 0 Å². The Labute approximate surface area is 137 Å². The molecule has 1 aliphatic rings. The minimum Gasteiger partial charge on any atom is -0.349 e. The van der Waals surface area contributed by atoms with E-state index >= 15 is 0 Å². The maximum Gasteiger partial charge on any atom is 0.223 e. The zero-order valence-electron chi connectivity index (χ0n) is 13.0. The number of benzene rings is 1. The highest BCUT2D eigenvalue weighted by atomic mass is 35.5. The number of carbonyl (C=O) groups is 2. The number of hydrogen-bond acceptors (Lipinski definition) is 3. The minimum atomic E-state index is -0.108. The molecular formula is C16H24ClN3O2. The molecule has 0 bridgehead atoms. The number of nitrogens with two attached hydrogens (primary N) is 1. The third-order valence-corrected chi connectivity index (χ3v) is 3.91. The Morgan fingerprint density at radius 3 is 2.64 bits per heavy atom. The zero-order chi connectivity index (χ0) is 15.4. The number of halogens is 1. The van der Waals surface area contributed by atoms with Crippen LogP contribution in [0.2, 0.25) is 0 Å². The third kappa shape index (κ3) is 5.00. The summed E-state index contributed by atoms with van der Waals surface area (Å²) < 4.78 is 0. The van der Waals surface area contributed by atoms with Crippen LogP contribution in [-0.4, -0.2) is 17.9 Å². The average Bonchev–Trinajstić information content (AvgIpc) is 2.85. The van der Waals surface area contributed by atoms with Crippen LogP contribution < -0.4 is 16.4 Å². The molecule has 0 aromatic heterocycles. The molecule has 0 radical (unpaired) electrons. The van der Waals surface area contributed by atoms with Crippen molar-refractivity contribution >= 4 is 29.9 Å². The third-order valence-electron chi connectivity index (χ3n) is 3.91. The maximum absolute atomic E-state index is 12.2. The number of anilines is 1. The lowest BCUT2D eigenvalue weighted by molar-refractivity contribution is -0.125. The van der Waals surface area contributed by atoms with Crippen molar-refractivity contribution in [2.24, 2.45) is 11.7 Å². The first-order valence-corrected chi connectivity index (χ1v) is 7.39. The Bertz CT molecular complexity index is 536. The van der Waals surface area contributed by atoms with Gasteiger partial charge in [0.2, 0.25) is 11.8 Å². The van der Waals surface area contributed by atoms with Crippen LogP contribution in [0, 0.1) is 5.92 Å². The van der Waals surface area contributed by atoms with E-state index in [9.17, 15) is 9.59 Å². The van der Waals surface area contributed by atoms with Gasteiger partial charge in [-0.1, -0.05) is 12.1 Å². The lowest BCUT2D eigenvalue weighted by Gasteiger charge is -2.18. The summed E-state index contributed by atoms with van der Waals surface area (Å²) in [6.45, 7) is 3.42. The summed E-state index contributed by atoms with van der Waals surface area (Å²) in [5.41, 5.74) is 7.56. The molecule has 1 aromatic carbocycles. The molecule has 0 saturated heterocycles. The first-order chi connectivity index (χ1) is 9.95. The van der Waals surface area contributed by atoms with Crippen LogP contribution in [0.1, 0.15) is 44.7 Å². The molecule has 122 valence electrons. The number of nitrogens with one attached hydrogen (secondary N) is 2. The van der Waals surface area contributed by atoms with E-state index in [-0.39, 0.29) is 42.2 Å². The molecule has 0 heterocycles. The van der Waals surface area contributed by atoms with Gasteiger partial charge < -0.3 is 16.4 Å². The van der Waals surface area contributed by atoms with E-state index in [4.69, 9.17) is 5.73 Å². The summed E-state index contributed by atoms with van der Waals surface area (Å²) >= 11 is 0. The fraction of sp³-hybridized carbons (Fsp3) is 0.500. The standard InChI is InChI=1S/C16H23N3O2.ClH/c1-10(18-16(21)13-6-7-14(17)8-13)12-4-3-5-15(9-12)19-11(2)20;/h3-5,9-10,13-14H,6-8,17H2,1-2H3,(H,18,21)(H,19,20);1H. The van der Waals surface area contributed by atoms with Gasteiger partial charge in [-0.05, 0) is 43.9 Å². The molecule has 3 atom stereocenters. The molecule has 1 fully saturated rings. The summed E-state index contributed by atoms with van der Waals surface area (Å²) in [7, 11) is 0. The van der Waals surface area contributed by atoms with Gasteiger partial charge in [0.1, 0.15) is 0 Å². The summed E-state index contributed by atoms with van der Waals surface area (Å²) in [5, 5.41) is 5.78. The largest absolute Gasteiger partial charge is 0.349 e. The normalized spacial score (nSPS) is 21.6. The topological polar surface area (TPSA) is 84.2 Å². The van der Waals surface area contributed by atoms with E-state index in [1.54, 1.807) is 0 Å². The second kappa shape index (κ2) is 8.15. The van der Waals surface area contributed by atoms with Crippen molar-refractivity contribution in [3.63, 3.8) is 0 Å². The van der Waals surface area contributed by atoms with E-state index in [1.807, 2.05) is 31.2 Å². The smallest absolute Gasteiger partial charge is 0.223 e. The second-order valence-corrected chi connectivity index (χ2v) is 5.81. The van der Waals surface area contributed by atoms with Crippen molar-refractivity contribution in [1.82, 2.24) is 5.32 Å². The first-order valence-electron chi connectivity index (χ1n) is 7.39. The van der Waals surface area contributed by atoms with E-state index in [2.05, 4.69) is 10.6 Å². The summed E-state index contributed by atoms with van der Waals surface area (Å²) in [6, 6.07) is 7.58. The van der Waals surface area contributed by atoms with Crippen LogP contribution in [0.3, 0.4) is 0 Å². The van der Waals surface area contributed by atoms with Crippen LogP contribution in [-0.2, 0) is 9.59 Å². The second-order valence-electron chi connectivity index (χ2n) is 5.81. The predicted molar refractivity (Wildman–Crippen MR) is 89.9 cm³/mol. The van der Waals surface area contributed by atoms with Crippen LogP contribution >= 0.6 is 12.4 Å². The molecule has 4 N–H and O–H groups in total. The molecule has 3 unspecified atom stereocenters. The van der Waals surface area contributed by atoms with Gasteiger partial charge in [-0.15, -0.1) is 12.4 Å². The summed E-state index contributed by atoms with van der Waals surface area (Å²) in [4.78, 5) is 23.3. The van der Waals surface area contributed by atoms with Crippen molar-refractivity contribution in [1.29, 1.82) is 0 Å². The summed E-state index contributed by atoms with van der Waals surface area (Å²) in [5.74, 6) is -0.00913. The number of carbonyl (C=O) groups excluding carboxylic acids is 2. The van der Waals surface area contributed by atoms with Gasteiger partial charge >= 0.3 is 0 Å². The van der Waals surface area contributed by atoms with Crippen molar-refractivity contribution in [2.75, 3.05) is 5.32 Å². The first kappa shape index (κ1) is 18.5. The van der Waals surface area contributed by atoms with Crippen LogP contribution in [0.5, 0.6) is 0 Å². The van der Waals surface area contributed by atoms with Crippen molar-refractivity contribution < 1.29 is 9.59 Å². The Kier molecular flexibility index (Phi) is 6.84. The minimum absolute atomic E-state index is 0. The SMILES string of the molecule is CC(=O)Nc1cccc(C(C)NC(=O)C2CCC(N)C2)c1.Cl. The lowest BCUT2D eigenvalue weighted by Crippen LogP contribution is -2.32. The van der Waals surface area contributed by atoms with E-state index in [1.165, 1.54) is 6.92 Å². The van der Waals surface area contributed by atoms with E-state index < -0.39 is 0 Å². The molecule has 2 amide bonds. The number of amides is 2. The van der Waals surface area contributed by atoms with Gasteiger partial charge in [0.05, 0.1) is 6.04 Å². The van der Waals surface area contributed by atoms with Crippen molar-refractivity contribution in [2.45, 2.75) is 45.2 Å². The Morgan fingerprint density at radius 2 is 2.05 bits per heavy atom. The maximum atomic E-state index is 12.2. The van der Waals surface area contributed by atoms with Crippen LogP contribution in [0.25, 0.3) is 0 Å². The van der Waals surface area contributed by atoms with Crippen LogP contribution in [0.4, 0.5) is 5.69 Å². The van der Waals surface area contributed by atoms with Gasteiger partial charge in [-0.2, -0.15) is 0 Å². The van der Waals surface area contributed by atoms with Crippen molar-refractivity contribution in [3.05, 3.63) is 29.8 Å². The monoisotopic (exact) mass is 325 g/mol. The van der Waals surface area contributed by atoms with Crippen molar-refractivity contribution in [3.8, 4) is 0 Å². The van der Waals surface area contributed by atoms with E-state index in [0.717, 1.165) is 30.5 Å². The van der Waals surface area contributed by atoms with Crippen LogP contribution in [0.15, 0.2) is 24.3 Å². The molecular weight excluding hydrogens is 302 g/mol. The molecule has 0 spiro atoms. The van der Waals surface area contributed by atoms with Gasteiger partial charge in [0.25, 0.3) is 0 Å². The van der Waals surface area contributed by atoms with Gasteiger partial charge in [0.15, 0.2) is 0 Å². The average molecular weight is 326 g/mol. The van der Waals surface area contributed by atoms with Gasteiger partial charge in [0, 0.05) is 24.6 Å². The highest BCUT2D eigenvalue weighted by Crippen LogP contribution is 2.25. The van der Waals surface area contributed by atoms with Gasteiger partial charge in [-0.3, -0.25) is 9.59 Å². The molecule has 22 heavy (non-hydrogen) atoms. The lowest BCUT2D eigenvalue weighted by atomic mass is 10.0. The molecule has 1 aromatic rings. The fourth-order valence-electron chi connectivity index (χ4n) is 2.76. The zero-order valence-corrected chi connectivity index (χ0v) is 13.8. The molecule has 6 heteroatoms. The highest BCUT2D eigenvalue weighted by molar-refractivity contribution is 5.88. The molecule has 0 aliphatic heterocycles. The molecule has 1 saturated carbocycles. The predicted octanol–water partition coefficient (Wildman–Crippen LogP) is 2.37. The molecule has 2 rings (SSSR count). The quantitative estimate of drug-likeness (QED) is 0.794. The molecule has 1 aliphatic carbocycles. The number of rotatable bonds is 4. The summed E-state index contributed by atoms with van der Waals surface area (Å²) in [6.07, 6.45) is 2.56. The Morgan fingerprint density at radius 1 is 1.32 bits per heavy atom. The fourth-order valence-corrected chi connectivity index (χ4v) is 2.76. The molecule has 5 nitrogen and oxygen atoms in total. The van der Waals surface area contributed by atoms with Gasteiger partial charge in [-0.25, -0.2) is 0 Å². The Hall–Kier alpha value is -1.59. The Balaban J connectivity index is 0.00000242.